The maximum absolute atomic E-state index is 14.2. The van der Waals surface area contributed by atoms with Crippen LogP contribution in [0.25, 0.3) is 11.0 Å². The molecule has 29 heavy (non-hydrogen) atoms. The van der Waals surface area contributed by atoms with Crippen LogP contribution >= 0.6 is 0 Å². The first kappa shape index (κ1) is 17.4. The number of amides is 1. The number of nitrogens with zero attached hydrogens (tertiary/aromatic N) is 2. The molecule has 1 atom stereocenters. The van der Waals surface area contributed by atoms with Gasteiger partial charge in [-0.15, -0.1) is 0 Å². The van der Waals surface area contributed by atoms with Crippen molar-refractivity contribution < 1.29 is 13.9 Å². The lowest BCUT2D eigenvalue weighted by Gasteiger charge is -2.29. The Hall–Kier alpha value is -3.67. The van der Waals surface area contributed by atoms with Crippen LogP contribution in [0.4, 0.5) is 4.39 Å². The normalized spacial score (nSPS) is 14.3. The van der Waals surface area contributed by atoms with Gasteiger partial charge < -0.3 is 14.6 Å². The average molecular weight is 387 g/mol. The Morgan fingerprint density at radius 2 is 2.00 bits per heavy atom. The van der Waals surface area contributed by atoms with Crippen LogP contribution in [0, 0.1) is 5.82 Å². The number of hydrogen-bond donors (Lipinski definition) is 1. The zero-order valence-electron chi connectivity index (χ0n) is 15.7. The van der Waals surface area contributed by atoms with Crippen LogP contribution in [0.5, 0.6) is 5.75 Å². The van der Waals surface area contributed by atoms with E-state index in [1.54, 1.807) is 24.3 Å². The number of carbonyl (C=O) groups is 1. The van der Waals surface area contributed by atoms with Gasteiger partial charge in [-0.25, -0.2) is 9.37 Å². The fourth-order valence-electron chi connectivity index (χ4n) is 4.03. The van der Waals surface area contributed by atoms with Crippen LogP contribution in [0.2, 0.25) is 0 Å². The van der Waals surface area contributed by atoms with Gasteiger partial charge in [0, 0.05) is 34.9 Å². The molecule has 0 bridgehead atoms. The monoisotopic (exact) mass is 387 g/mol. The van der Waals surface area contributed by atoms with E-state index >= 15 is 0 Å². The molecule has 1 aliphatic rings. The number of fused-ring (bicyclic) bond motifs is 2. The van der Waals surface area contributed by atoms with Gasteiger partial charge in [0.15, 0.2) is 0 Å². The standard InChI is InChI=1S/C23H18FN3O2/c1-29-20-9-8-16(24)12-18(20)21(19-11-14-6-4-10-25-22(14)26-19)27-13-15-5-2-3-7-17(15)23(27)28/h2-12,21H,13H2,1H3,(H,25,26). The molecule has 4 aromatic rings. The minimum atomic E-state index is -0.547. The number of halogens is 1. The van der Waals surface area contributed by atoms with E-state index in [-0.39, 0.29) is 11.7 Å². The Morgan fingerprint density at radius 3 is 2.79 bits per heavy atom. The molecule has 5 rings (SSSR count). The molecule has 1 unspecified atom stereocenters. The Bertz CT molecular complexity index is 1200. The number of nitrogens with one attached hydrogen (secondary N) is 1. The van der Waals surface area contributed by atoms with Gasteiger partial charge in [0.05, 0.1) is 7.11 Å². The number of H-pyrrole nitrogens is 1. The van der Waals surface area contributed by atoms with Crippen molar-refractivity contribution >= 4 is 16.9 Å². The summed E-state index contributed by atoms with van der Waals surface area (Å²) in [6, 6.07) is 17.1. The summed E-state index contributed by atoms with van der Waals surface area (Å²) in [5.74, 6) is 0.0412. The highest BCUT2D eigenvalue weighted by molar-refractivity contribution is 5.99. The summed E-state index contributed by atoms with van der Waals surface area (Å²) in [7, 11) is 1.54. The van der Waals surface area contributed by atoms with Crippen molar-refractivity contribution in [1.82, 2.24) is 14.9 Å². The molecule has 0 radical (unpaired) electrons. The highest BCUT2D eigenvalue weighted by Crippen LogP contribution is 2.40. The molecule has 0 fully saturated rings. The molecule has 1 aliphatic heterocycles. The molecule has 6 heteroatoms. The molecule has 144 valence electrons. The number of pyridine rings is 1. The third kappa shape index (κ3) is 2.84. The summed E-state index contributed by atoms with van der Waals surface area (Å²) >= 11 is 0. The molecular formula is C23H18FN3O2. The van der Waals surface area contributed by atoms with Crippen LogP contribution in [0.3, 0.4) is 0 Å². The highest BCUT2D eigenvalue weighted by Gasteiger charge is 2.36. The largest absolute Gasteiger partial charge is 0.496 e. The van der Waals surface area contributed by atoms with Crippen LogP contribution in [-0.2, 0) is 6.54 Å². The predicted octanol–water partition coefficient (Wildman–Crippen LogP) is 4.46. The number of ether oxygens (including phenoxy) is 1. The van der Waals surface area contributed by atoms with Crippen molar-refractivity contribution in [2.24, 2.45) is 0 Å². The second kappa shape index (κ2) is 6.74. The van der Waals surface area contributed by atoms with E-state index in [9.17, 15) is 9.18 Å². The SMILES string of the molecule is COc1ccc(F)cc1C(c1cc2cccnc2[nH]1)N1Cc2ccccc2C1=O. The van der Waals surface area contributed by atoms with E-state index in [0.29, 0.717) is 29.1 Å². The minimum absolute atomic E-state index is 0.0940. The number of hydrogen-bond acceptors (Lipinski definition) is 3. The lowest BCUT2D eigenvalue weighted by molar-refractivity contribution is 0.0726. The van der Waals surface area contributed by atoms with Gasteiger partial charge in [0.2, 0.25) is 0 Å². The van der Waals surface area contributed by atoms with E-state index in [1.807, 2.05) is 42.5 Å². The molecule has 1 amide bonds. The highest BCUT2D eigenvalue weighted by atomic mass is 19.1. The Labute approximate surface area is 166 Å². The molecule has 3 heterocycles. The molecule has 0 saturated heterocycles. The van der Waals surface area contributed by atoms with Gasteiger partial charge in [-0.1, -0.05) is 18.2 Å². The van der Waals surface area contributed by atoms with Crippen molar-refractivity contribution in [3.63, 3.8) is 0 Å². The Kier molecular flexibility index (Phi) is 4.05. The molecule has 0 aliphatic carbocycles. The van der Waals surface area contributed by atoms with E-state index in [1.165, 1.54) is 12.1 Å². The van der Waals surface area contributed by atoms with Crippen molar-refractivity contribution in [3.8, 4) is 5.75 Å². The third-order valence-electron chi connectivity index (χ3n) is 5.35. The van der Waals surface area contributed by atoms with Crippen LogP contribution in [0.1, 0.15) is 33.2 Å². The average Bonchev–Trinajstić information content (AvgIpc) is 3.30. The second-order valence-corrected chi connectivity index (χ2v) is 7.04. The van der Waals surface area contributed by atoms with Gasteiger partial charge in [-0.05, 0) is 48.0 Å². The summed E-state index contributed by atoms with van der Waals surface area (Å²) in [5.41, 5.74) is 3.67. The van der Waals surface area contributed by atoms with Crippen molar-refractivity contribution in [2.45, 2.75) is 12.6 Å². The Morgan fingerprint density at radius 1 is 1.14 bits per heavy atom. The number of carbonyl (C=O) groups excluding carboxylic acids is 1. The maximum atomic E-state index is 14.2. The lowest BCUT2D eigenvalue weighted by atomic mass is 10.0. The number of aromatic amines is 1. The van der Waals surface area contributed by atoms with Crippen molar-refractivity contribution in [2.75, 3.05) is 7.11 Å². The minimum Gasteiger partial charge on any atom is -0.496 e. The van der Waals surface area contributed by atoms with Crippen LogP contribution in [-0.4, -0.2) is 27.9 Å². The summed E-state index contributed by atoms with van der Waals surface area (Å²) in [5, 5.41) is 0.923. The lowest BCUT2D eigenvalue weighted by Crippen LogP contribution is -2.30. The third-order valence-corrected chi connectivity index (χ3v) is 5.35. The molecular weight excluding hydrogens is 369 g/mol. The van der Waals surface area contributed by atoms with Gasteiger partial charge in [0.25, 0.3) is 5.91 Å². The topological polar surface area (TPSA) is 58.2 Å². The molecule has 0 saturated carbocycles. The second-order valence-electron chi connectivity index (χ2n) is 7.04. The van der Waals surface area contributed by atoms with E-state index in [2.05, 4.69) is 9.97 Å². The summed E-state index contributed by atoms with van der Waals surface area (Å²) in [6.07, 6.45) is 1.71. The van der Waals surface area contributed by atoms with E-state index in [0.717, 1.165) is 16.6 Å². The first-order chi connectivity index (χ1) is 14.2. The predicted molar refractivity (Wildman–Crippen MR) is 107 cm³/mol. The molecule has 2 aromatic carbocycles. The zero-order chi connectivity index (χ0) is 20.0. The Balaban J connectivity index is 1.70. The summed E-state index contributed by atoms with van der Waals surface area (Å²) < 4.78 is 19.7. The van der Waals surface area contributed by atoms with Gasteiger partial charge in [-0.3, -0.25) is 4.79 Å². The zero-order valence-corrected chi connectivity index (χ0v) is 15.7. The molecule has 2 aromatic heterocycles. The number of rotatable bonds is 4. The fraction of sp³-hybridized carbons (Fsp3) is 0.130. The molecule has 0 spiro atoms. The molecule has 5 nitrogen and oxygen atoms in total. The smallest absolute Gasteiger partial charge is 0.255 e. The number of benzene rings is 2. The summed E-state index contributed by atoms with van der Waals surface area (Å²) in [6.45, 7) is 0.433. The van der Waals surface area contributed by atoms with E-state index in [4.69, 9.17) is 4.74 Å². The summed E-state index contributed by atoms with van der Waals surface area (Å²) in [4.78, 5) is 22.7. The van der Waals surface area contributed by atoms with Gasteiger partial charge >= 0.3 is 0 Å². The number of aromatic nitrogens is 2. The van der Waals surface area contributed by atoms with Crippen LogP contribution < -0.4 is 4.74 Å². The number of methoxy groups -OCH3 is 1. The first-order valence-corrected chi connectivity index (χ1v) is 9.31. The van der Waals surface area contributed by atoms with Crippen molar-refractivity contribution in [1.29, 1.82) is 0 Å². The van der Waals surface area contributed by atoms with Gasteiger partial charge in [0.1, 0.15) is 23.3 Å². The molecule has 1 N–H and O–H groups in total. The van der Waals surface area contributed by atoms with Crippen LogP contribution in [0.15, 0.2) is 66.9 Å². The first-order valence-electron chi connectivity index (χ1n) is 9.31. The van der Waals surface area contributed by atoms with Gasteiger partial charge in [-0.2, -0.15) is 0 Å². The maximum Gasteiger partial charge on any atom is 0.255 e. The van der Waals surface area contributed by atoms with Crippen molar-refractivity contribution in [3.05, 3.63) is 95.1 Å². The quantitative estimate of drug-likeness (QED) is 0.563. The van der Waals surface area contributed by atoms with E-state index < -0.39 is 6.04 Å². The fourth-order valence-corrected chi connectivity index (χ4v) is 4.03.